The van der Waals surface area contributed by atoms with Crippen LogP contribution >= 0.6 is 12.4 Å². The number of H-pyrrole nitrogens is 1. The van der Waals surface area contributed by atoms with Crippen molar-refractivity contribution in [2.45, 2.75) is 12.8 Å². The molecule has 4 nitrogen and oxygen atoms in total. The van der Waals surface area contributed by atoms with Gasteiger partial charge in [-0.25, -0.2) is 0 Å². The summed E-state index contributed by atoms with van der Waals surface area (Å²) in [6.07, 6.45) is 2.07. The molecule has 0 fully saturated rings. The van der Waals surface area contributed by atoms with Crippen LogP contribution in [0.25, 0.3) is 0 Å². The largest absolute Gasteiger partial charge is 0.481 e. The number of aromatic nitrogens is 1. The van der Waals surface area contributed by atoms with Crippen LogP contribution in [0.1, 0.15) is 12.0 Å². The molecular formula is C8H10ClNO3. The number of aromatic amines is 1. The summed E-state index contributed by atoms with van der Waals surface area (Å²) in [6.45, 7) is 0. The average molecular weight is 204 g/mol. The number of rotatable bonds is 3. The lowest BCUT2D eigenvalue weighted by molar-refractivity contribution is -0.136. The number of hydrogen-bond acceptors (Lipinski definition) is 2. The predicted octanol–water partition coefficient (Wildman–Crippen LogP) is 0.814. The number of aryl methyl sites for hydroxylation is 1. The molecule has 13 heavy (non-hydrogen) atoms. The molecule has 1 aromatic rings. The van der Waals surface area contributed by atoms with Crippen molar-refractivity contribution in [2.75, 3.05) is 0 Å². The number of carboxylic acids is 1. The Balaban J connectivity index is 0.00000144. The van der Waals surface area contributed by atoms with Gasteiger partial charge in [0.15, 0.2) is 0 Å². The Bertz CT molecular complexity index is 314. The number of halogens is 1. The highest BCUT2D eigenvalue weighted by Crippen LogP contribution is 1.97. The quantitative estimate of drug-likeness (QED) is 0.764. The van der Waals surface area contributed by atoms with Crippen LogP contribution < -0.4 is 5.56 Å². The van der Waals surface area contributed by atoms with Gasteiger partial charge in [-0.1, -0.05) is 6.07 Å². The van der Waals surface area contributed by atoms with Crippen LogP contribution in [0.4, 0.5) is 0 Å². The van der Waals surface area contributed by atoms with E-state index < -0.39 is 5.97 Å². The van der Waals surface area contributed by atoms with Crippen LogP contribution in [-0.2, 0) is 11.2 Å². The first-order chi connectivity index (χ1) is 5.68. The third-order valence-electron chi connectivity index (χ3n) is 1.48. The lowest BCUT2D eigenvalue weighted by Gasteiger charge is -1.95. The second-order valence-corrected chi connectivity index (χ2v) is 2.45. The van der Waals surface area contributed by atoms with E-state index in [-0.39, 0.29) is 24.4 Å². The van der Waals surface area contributed by atoms with E-state index in [2.05, 4.69) is 4.98 Å². The Morgan fingerprint density at radius 2 is 2.15 bits per heavy atom. The topological polar surface area (TPSA) is 70.2 Å². The summed E-state index contributed by atoms with van der Waals surface area (Å²) in [5.41, 5.74) is 0.658. The lowest BCUT2D eigenvalue weighted by atomic mass is 10.2. The Labute approximate surface area is 81.0 Å². The minimum Gasteiger partial charge on any atom is -0.481 e. The van der Waals surface area contributed by atoms with Crippen LogP contribution in [0.5, 0.6) is 0 Å². The summed E-state index contributed by atoms with van der Waals surface area (Å²) in [7, 11) is 0. The molecule has 0 aliphatic carbocycles. The van der Waals surface area contributed by atoms with Gasteiger partial charge in [-0.15, -0.1) is 12.4 Å². The lowest BCUT2D eigenvalue weighted by Crippen LogP contribution is -2.04. The zero-order valence-electron chi connectivity index (χ0n) is 6.82. The van der Waals surface area contributed by atoms with Crippen molar-refractivity contribution in [3.63, 3.8) is 0 Å². The van der Waals surface area contributed by atoms with Gasteiger partial charge in [-0.2, -0.15) is 0 Å². The van der Waals surface area contributed by atoms with E-state index in [1.807, 2.05) is 0 Å². The minimum absolute atomic E-state index is 0. The first-order valence-electron chi connectivity index (χ1n) is 3.58. The van der Waals surface area contributed by atoms with Gasteiger partial charge in [0.2, 0.25) is 5.56 Å². The summed E-state index contributed by atoms with van der Waals surface area (Å²) >= 11 is 0. The van der Waals surface area contributed by atoms with Crippen molar-refractivity contribution in [2.24, 2.45) is 0 Å². The zero-order chi connectivity index (χ0) is 8.97. The molecule has 0 aliphatic rings. The number of pyridine rings is 1. The third-order valence-corrected chi connectivity index (χ3v) is 1.48. The number of hydrogen-bond donors (Lipinski definition) is 2. The van der Waals surface area contributed by atoms with Crippen LogP contribution in [0.3, 0.4) is 0 Å². The highest BCUT2D eigenvalue weighted by Gasteiger charge is 1.97. The van der Waals surface area contributed by atoms with Crippen molar-refractivity contribution in [1.29, 1.82) is 0 Å². The molecule has 0 radical (unpaired) electrons. The summed E-state index contributed by atoms with van der Waals surface area (Å²) in [5.74, 6) is -0.832. The maximum Gasteiger partial charge on any atom is 0.303 e. The van der Waals surface area contributed by atoms with Gasteiger partial charge in [0, 0.05) is 18.7 Å². The molecule has 0 unspecified atom stereocenters. The Morgan fingerprint density at radius 1 is 1.46 bits per heavy atom. The Kier molecular flexibility index (Phi) is 4.84. The smallest absolute Gasteiger partial charge is 0.303 e. The van der Waals surface area contributed by atoms with Gasteiger partial charge in [-0.05, 0) is 12.0 Å². The van der Waals surface area contributed by atoms with E-state index in [0.29, 0.717) is 6.42 Å². The molecule has 2 N–H and O–H groups in total. The fourth-order valence-electron chi connectivity index (χ4n) is 0.850. The molecule has 0 saturated carbocycles. The number of carbonyl (C=O) groups is 1. The predicted molar refractivity (Wildman–Crippen MR) is 50.3 cm³/mol. The van der Waals surface area contributed by atoms with Gasteiger partial charge < -0.3 is 10.1 Å². The second kappa shape index (κ2) is 5.37. The average Bonchev–Trinajstić information content (AvgIpc) is 2.03. The van der Waals surface area contributed by atoms with E-state index in [1.54, 1.807) is 6.07 Å². The first kappa shape index (κ1) is 11.7. The van der Waals surface area contributed by atoms with Gasteiger partial charge in [0.25, 0.3) is 0 Å². The third kappa shape index (κ3) is 4.32. The van der Waals surface area contributed by atoms with E-state index in [1.165, 1.54) is 12.3 Å². The number of nitrogens with one attached hydrogen (secondary N) is 1. The van der Waals surface area contributed by atoms with Gasteiger partial charge in [0.05, 0.1) is 0 Å². The molecule has 0 spiro atoms. The fourth-order valence-corrected chi connectivity index (χ4v) is 0.850. The highest BCUT2D eigenvalue weighted by molar-refractivity contribution is 5.85. The van der Waals surface area contributed by atoms with Crippen molar-refractivity contribution < 1.29 is 9.90 Å². The van der Waals surface area contributed by atoms with Crippen LogP contribution in [0.2, 0.25) is 0 Å². The molecule has 0 saturated heterocycles. The van der Waals surface area contributed by atoms with Crippen LogP contribution in [0.15, 0.2) is 23.1 Å². The molecule has 1 aromatic heterocycles. The van der Waals surface area contributed by atoms with E-state index >= 15 is 0 Å². The van der Waals surface area contributed by atoms with Crippen molar-refractivity contribution in [3.05, 3.63) is 34.2 Å². The number of aliphatic carboxylic acids is 1. The molecule has 72 valence electrons. The molecule has 5 heteroatoms. The van der Waals surface area contributed by atoms with E-state index in [0.717, 1.165) is 5.56 Å². The SMILES string of the molecule is Cl.O=C(O)CCc1ccc(=O)[nH]c1. The molecule has 0 bridgehead atoms. The summed E-state index contributed by atoms with van der Waals surface area (Å²) < 4.78 is 0. The van der Waals surface area contributed by atoms with Crippen LogP contribution in [-0.4, -0.2) is 16.1 Å². The summed E-state index contributed by atoms with van der Waals surface area (Å²) in [4.78, 5) is 23.2. The van der Waals surface area contributed by atoms with Crippen molar-refractivity contribution in [1.82, 2.24) is 4.98 Å². The fraction of sp³-hybridized carbons (Fsp3) is 0.250. The Morgan fingerprint density at radius 3 is 2.62 bits per heavy atom. The normalized spacial score (nSPS) is 8.92. The van der Waals surface area contributed by atoms with Crippen molar-refractivity contribution >= 4 is 18.4 Å². The van der Waals surface area contributed by atoms with Gasteiger partial charge >= 0.3 is 5.97 Å². The van der Waals surface area contributed by atoms with E-state index in [4.69, 9.17) is 5.11 Å². The summed E-state index contributed by atoms with van der Waals surface area (Å²) in [6, 6.07) is 3.01. The van der Waals surface area contributed by atoms with Crippen molar-refractivity contribution in [3.8, 4) is 0 Å². The maximum absolute atomic E-state index is 10.6. The van der Waals surface area contributed by atoms with E-state index in [9.17, 15) is 9.59 Å². The highest BCUT2D eigenvalue weighted by atomic mass is 35.5. The molecule has 0 amide bonds. The zero-order valence-corrected chi connectivity index (χ0v) is 7.63. The maximum atomic E-state index is 10.6. The second-order valence-electron chi connectivity index (χ2n) is 2.45. The molecule has 0 atom stereocenters. The standard InChI is InChI=1S/C8H9NO3.ClH/c10-7-3-1-6(5-9-7)2-4-8(11)12;/h1,3,5H,2,4H2,(H,9,10)(H,11,12);1H. The first-order valence-corrected chi connectivity index (χ1v) is 3.58. The Hall–Kier alpha value is -1.29. The van der Waals surface area contributed by atoms with Gasteiger partial charge in [0.1, 0.15) is 0 Å². The van der Waals surface area contributed by atoms with Gasteiger partial charge in [-0.3, -0.25) is 9.59 Å². The molecule has 1 rings (SSSR count). The monoisotopic (exact) mass is 203 g/mol. The van der Waals surface area contributed by atoms with Crippen LogP contribution in [0, 0.1) is 0 Å². The minimum atomic E-state index is -0.832. The molecule has 0 aliphatic heterocycles. The summed E-state index contributed by atoms with van der Waals surface area (Å²) in [5, 5.41) is 8.36. The molecular weight excluding hydrogens is 194 g/mol. The molecule has 0 aromatic carbocycles. The number of carboxylic acid groups (broad SMARTS) is 1. The molecule has 1 heterocycles.